The third-order valence-electron chi connectivity index (χ3n) is 5.17. The molecule has 0 bridgehead atoms. The summed E-state index contributed by atoms with van der Waals surface area (Å²) in [5, 5.41) is 7.20. The second-order valence-electron chi connectivity index (χ2n) is 7.02. The van der Waals surface area contributed by atoms with Crippen LogP contribution in [0, 0.1) is 6.92 Å². The van der Waals surface area contributed by atoms with Crippen molar-refractivity contribution in [1.82, 2.24) is 20.1 Å². The van der Waals surface area contributed by atoms with E-state index in [1.54, 1.807) is 7.11 Å². The number of piperidine rings is 1. The molecule has 1 N–H and O–H groups in total. The smallest absolute Gasteiger partial charge is 0.254 e. The number of amides is 1. The van der Waals surface area contributed by atoms with Crippen LogP contribution in [0.4, 0.5) is 0 Å². The van der Waals surface area contributed by atoms with Crippen molar-refractivity contribution in [2.24, 2.45) is 0 Å². The number of likely N-dealkylation sites (tertiary alicyclic amines) is 1. The molecule has 2 aliphatic rings. The highest BCUT2D eigenvalue weighted by molar-refractivity contribution is 5.95. The molecule has 0 radical (unpaired) electrons. The normalized spacial score (nSPS) is 20.6. The van der Waals surface area contributed by atoms with Gasteiger partial charge in [-0.15, -0.1) is 0 Å². The summed E-state index contributed by atoms with van der Waals surface area (Å²) < 4.78 is 5.47. The van der Waals surface area contributed by atoms with Crippen LogP contribution >= 0.6 is 0 Å². The highest BCUT2D eigenvalue weighted by Gasteiger charge is 2.33. The number of aromatic amines is 1. The molecule has 2 aromatic rings. The fraction of sp³-hybridized carbons (Fsp3) is 0.526. The number of nitrogens with zero attached hydrogens (tertiary/aromatic N) is 3. The summed E-state index contributed by atoms with van der Waals surface area (Å²) in [6.45, 7) is 2.64. The third kappa shape index (κ3) is 3.13. The lowest BCUT2D eigenvalue weighted by molar-refractivity contribution is 0.0600. The lowest BCUT2D eigenvalue weighted by atomic mass is 9.99. The van der Waals surface area contributed by atoms with Gasteiger partial charge in [0.25, 0.3) is 5.91 Å². The van der Waals surface area contributed by atoms with Crippen molar-refractivity contribution in [3.8, 4) is 5.75 Å². The van der Waals surface area contributed by atoms with Gasteiger partial charge in [0.1, 0.15) is 11.6 Å². The van der Waals surface area contributed by atoms with Crippen LogP contribution in [-0.4, -0.2) is 39.6 Å². The van der Waals surface area contributed by atoms with Gasteiger partial charge in [0.05, 0.1) is 13.2 Å². The second kappa shape index (κ2) is 6.50. The molecule has 25 heavy (non-hydrogen) atoms. The molecule has 132 valence electrons. The standard InChI is InChI=1S/C19H24N4O2/c1-12-20-18(22-21-12)16-5-3-4-10-23(16)19(24)14-8-9-17(25-2)15(11-14)13-6-7-13/h8-9,11,13,16H,3-7,10H2,1-2H3,(H,20,21,22)/t16-/m0/s1. The first-order valence-electron chi connectivity index (χ1n) is 9.05. The van der Waals surface area contributed by atoms with Gasteiger partial charge in [0, 0.05) is 12.1 Å². The van der Waals surface area contributed by atoms with E-state index in [1.165, 1.54) is 12.8 Å². The summed E-state index contributed by atoms with van der Waals surface area (Å²) in [5.74, 6) is 3.00. The van der Waals surface area contributed by atoms with Gasteiger partial charge in [-0.2, -0.15) is 5.10 Å². The van der Waals surface area contributed by atoms with Crippen LogP contribution in [-0.2, 0) is 0 Å². The lowest BCUT2D eigenvalue weighted by Gasteiger charge is -2.34. The molecule has 4 rings (SSSR count). The van der Waals surface area contributed by atoms with Gasteiger partial charge >= 0.3 is 0 Å². The molecule has 1 atom stereocenters. The molecular weight excluding hydrogens is 316 g/mol. The second-order valence-corrected chi connectivity index (χ2v) is 7.02. The van der Waals surface area contributed by atoms with Crippen LogP contribution in [0.5, 0.6) is 5.75 Å². The average Bonchev–Trinajstić information content (AvgIpc) is 3.41. The zero-order chi connectivity index (χ0) is 17.4. The van der Waals surface area contributed by atoms with Crippen LogP contribution in [0.1, 0.15) is 71.6 Å². The Morgan fingerprint density at radius 3 is 2.80 bits per heavy atom. The third-order valence-corrected chi connectivity index (χ3v) is 5.17. The van der Waals surface area contributed by atoms with Crippen LogP contribution in [0.3, 0.4) is 0 Å². The van der Waals surface area contributed by atoms with Gasteiger partial charge in [-0.25, -0.2) is 4.98 Å². The van der Waals surface area contributed by atoms with Crippen LogP contribution in [0.15, 0.2) is 18.2 Å². The molecule has 6 nitrogen and oxygen atoms in total. The predicted octanol–water partition coefficient (Wildman–Crippen LogP) is 3.37. The molecule has 1 aromatic carbocycles. The van der Waals surface area contributed by atoms with E-state index in [0.717, 1.165) is 54.3 Å². The maximum atomic E-state index is 13.2. The minimum absolute atomic E-state index is 0.0438. The van der Waals surface area contributed by atoms with E-state index in [9.17, 15) is 4.79 Å². The molecule has 6 heteroatoms. The van der Waals surface area contributed by atoms with E-state index in [4.69, 9.17) is 4.74 Å². The van der Waals surface area contributed by atoms with Crippen molar-refractivity contribution in [3.63, 3.8) is 0 Å². The van der Waals surface area contributed by atoms with Crippen molar-refractivity contribution < 1.29 is 9.53 Å². The first-order valence-corrected chi connectivity index (χ1v) is 9.05. The highest BCUT2D eigenvalue weighted by Crippen LogP contribution is 2.44. The quantitative estimate of drug-likeness (QED) is 0.926. The fourth-order valence-electron chi connectivity index (χ4n) is 3.70. The molecular formula is C19H24N4O2. The molecule has 2 fully saturated rings. The Morgan fingerprint density at radius 1 is 1.28 bits per heavy atom. The number of hydrogen-bond donors (Lipinski definition) is 1. The summed E-state index contributed by atoms with van der Waals surface area (Å²) in [7, 11) is 1.69. The van der Waals surface area contributed by atoms with Crippen molar-refractivity contribution in [2.75, 3.05) is 13.7 Å². The Morgan fingerprint density at radius 2 is 2.12 bits per heavy atom. The Bertz CT molecular complexity index is 781. The SMILES string of the molecule is COc1ccc(C(=O)N2CCCC[C@H]2c2n[nH]c(C)n2)cc1C1CC1. The summed E-state index contributed by atoms with van der Waals surface area (Å²) in [6.07, 6.45) is 5.39. The molecule has 2 heterocycles. The zero-order valence-electron chi connectivity index (χ0n) is 14.8. The van der Waals surface area contributed by atoms with Crippen LogP contribution in [0.2, 0.25) is 0 Å². The van der Waals surface area contributed by atoms with Crippen molar-refractivity contribution in [3.05, 3.63) is 41.0 Å². The van der Waals surface area contributed by atoms with Gasteiger partial charge in [-0.05, 0) is 68.7 Å². The van der Waals surface area contributed by atoms with E-state index in [2.05, 4.69) is 15.2 Å². The average molecular weight is 340 g/mol. The fourth-order valence-corrected chi connectivity index (χ4v) is 3.70. The zero-order valence-corrected chi connectivity index (χ0v) is 14.8. The van der Waals surface area contributed by atoms with Crippen LogP contribution in [0.25, 0.3) is 0 Å². The minimum atomic E-state index is -0.0438. The van der Waals surface area contributed by atoms with Gasteiger partial charge < -0.3 is 9.64 Å². The number of methoxy groups -OCH3 is 1. The number of carbonyl (C=O) groups is 1. The Kier molecular flexibility index (Phi) is 4.19. The van der Waals surface area contributed by atoms with E-state index >= 15 is 0 Å². The van der Waals surface area contributed by atoms with Gasteiger partial charge in [0.15, 0.2) is 5.82 Å². The summed E-state index contributed by atoms with van der Waals surface area (Å²) in [4.78, 5) is 19.6. The topological polar surface area (TPSA) is 71.1 Å². The van der Waals surface area contributed by atoms with E-state index in [0.29, 0.717) is 5.92 Å². The summed E-state index contributed by atoms with van der Waals surface area (Å²) in [6, 6.07) is 5.78. The molecule has 1 aliphatic heterocycles. The van der Waals surface area contributed by atoms with Crippen molar-refractivity contribution in [2.45, 2.75) is 51.0 Å². The molecule has 1 saturated heterocycles. The van der Waals surface area contributed by atoms with E-state index in [-0.39, 0.29) is 11.9 Å². The monoisotopic (exact) mass is 340 g/mol. The summed E-state index contributed by atoms with van der Waals surface area (Å²) >= 11 is 0. The Balaban J connectivity index is 1.63. The number of hydrogen-bond acceptors (Lipinski definition) is 4. The number of aromatic nitrogens is 3. The molecule has 0 unspecified atom stereocenters. The number of nitrogens with one attached hydrogen (secondary N) is 1. The molecule has 1 saturated carbocycles. The number of H-pyrrole nitrogens is 1. The van der Waals surface area contributed by atoms with Gasteiger partial charge in [-0.3, -0.25) is 9.89 Å². The molecule has 0 spiro atoms. The largest absolute Gasteiger partial charge is 0.496 e. The van der Waals surface area contributed by atoms with Gasteiger partial charge in [-0.1, -0.05) is 0 Å². The van der Waals surface area contributed by atoms with E-state index < -0.39 is 0 Å². The number of carbonyl (C=O) groups excluding carboxylic acids is 1. The molecule has 1 amide bonds. The lowest BCUT2D eigenvalue weighted by Crippen LogP contribution is -2.39. The summed E-state index contributed by atoms with van der Waals surface area (Å²) in [5.41, 5.74) is 1.90. The highest BCUT2D eigenvalue weighted by atomic mass is 16.5. The first kappa shape index (κ1) is 16.1. The van der Waals surface area contributed by atoms with Crippen molar-refractivity contribution in [1.29, 1.82) is 0 Å². The first-order chi connectivity index (χ1) is 12.2. The maximum Gasteiger partial charge on any atom is 0.254 e. The van der Waals surface area contributed by atoms with E-state index in [1.807, 2.05) is 30.0 Å². The Hall–Kier alpha value is -2.37. The number of aryl methyl sites for hydroxylation is 1. The molecule has 1 aliphatic carbocycles. The minimum Gasteiger partial charge on any atom is -0.496 e. The predicted molar refractivity (Wildman–Crippen MR) is 93.7 cm³/mol. The maximum absolute atomic E-state index is 13.2. The number of benzene rings is 1. The Labute approximate surface area is 147 Å². The van der Waals surface area contributed by atoms with Crippen molar-refractivity contribution >= 4 is 5.91 Å². The number of rotatable bonds is 4. The molecule has 1 aromatic heterocycles. The number of ether oxygens (including phenoxy) is 1. The van der Waals surface area contributed by atoms with Crippen LogP contribution < -0.4 is 4.74 Å². The van der Waals surface area contributed by atoms with Gasteiger partial charge in [0.2, 0.25) is 0 Å².